The molecule has 18 heavy (non-hydrogen) atoms. The van der Waals surface area contributed by atoms with Crippen LogP contribution >= 0.6 is 0 Å². The molecule has 1 fully saturated rings. The molecule has 0 aromatic rings. The zero-order chi connectivity index (χ0) is 13.6. The highest BCUT2D eigenvalue weighted by molar-refractivity contribution is 5.03. The summed E-state index contributed by atoms with van der Waals surface area (Å²) in [6.45, 7) is 9.23. The van der Waals surface area contributed by atoms with Crippen molar-refractivity contribution >= 4 is 0 Å². The Morgan fingerprint density at radius 3 is 2.44 bits per heavy atom. The molecule has 108 valence electrons. The zero-order valence-corrected chi connectivity index (χ0v) is 13.1. The summed E-state index contributed by atoms with van der Waals surface area (Å²) >= 11 is 0. The van der Waals surface area contributed by atoms with E-state index in [4.69, 9.17) is 4.74 Å². The molecule has 1 aliphatic carbocycles. The lowest BCUT2D eigenvalue weighted by Gasteiger charge is -2.52. The topological polar surface area (TPSA) is 21.3 Å². The lowest BCUT2D eigenvalue weighted by Crippen LogP contribution is -2.62. The molecule has 2 nitrogen and oxygen atoms in total. The van der Waals surface area contributed by atoms with E-state index in [1.165, 1.54) is 44.9 Å². The second-order valence-corrected chi connectivity index (χ2v) is 6.60. The quantitative estimate of drug-likeness (QED) is 0.625. The summed E-state index contributed by atoms with van der Waals surface area (Å²) in [6, 6.07) is 1.28. The Morgan fingerprint density at radius 2 is 1.89 bits per heavy atom. The molecule has 0 saturated heterocycles. The lowest BCUT2D eigenvalue weighted by atomic mass is 9.64. The average molecular weight is 255 g/mol. The molecule has 1 N–H and O–H groups in total. The third kappa shape index (κ3) is 4.24. The highest BCUT2D eigenvalue weighted by atomic mass is 16.5. The smallest absolute Gasteiger partial charge is 0.0652 e. The van der Waals surface area contributed by atoms with Gasteiger partial charge in [0.15, 0.2) is 0 Å². The predicted octanol–water partition coefficient (Wildman–Crippen LogP) is 4.14. The van der Waals surface area contributed by atoms with E-state index in [9.17, 15) is 0 Å². The molecule has 1 saturated carbocycles. The molecule has 1 aliphatic rings. The number of ether oxygens (including phenoxy) is 1. The standard InChI is InChI=1S/C16H33NO/c1-6-7-8-9-10-11-13(2)17-14-12-15(18-5)16(14,3)4/h13-15,17H,6-12H2,1-5H3. The second kappa shape index (κ2) is 7.49. The largest absolute Gasteiger partial charge is 0.381 e. The van der Waals surface area contributed by atoms with Gasteiger partial charge < -0.3 is 10.1 Å². The van der Waals surface area contributed by atoms with E-state index < -0.39 is 0 Å². The highest BCUT2D eigenvalue weighted by Gasteiger charge is 2.48. The van der Waals surface area contributed by atoms with Gasteiger partial charge in [0.2, 0.25) is 0 Å². The number of nitrogens with one attached hydrogen (secondary N) is 1. The fraction of sp³-hybridized carbons (Fsp3) is 1.00. The van der Waals surface area contributed by atoms with Gasteiger partial charge >= 0.3 is 0 Å². The van der Waals surface area contributed by atoms with Crippen molar-refractivity contribution in [3.8, 4) is 0 Å². The summed E-state index contributed by atoms with van der Waals surface area (Å²) in [4.78, 5) is 0. The Morgan fingerprint density at radius 1 is 1.22 bits per heavy atom. The zero-order valence-electron chi connectivity index (χ0n) is 13.1. The van der Waals surface area contributed by atoms with Crippen molar-refractivity contribution in [2.45, 2.75) is 90.8 Å². The van der Waals surface area contributed by atoms with Gasteiger partial charge in [-0.3, -0.25) is 0 Å². The molecule has 0 aromatic heterocycles. The molecule has 0 bridgehead atoms. The normalized spacial score (nSPS) is 27.8. The molecule has 2 heteroatoms. The van der Waals surface area contributed by atoms with Crippen LogP contribution in [-0.2, 0) is 4.74 Å². The third-order valence-electron chi connectivity index (χ3n) is 4.69. The fourth-order valence-corrected chi connectivity index (χ4v) is 3.05. The first kappa shape index (κ1) is 16.0. The van der Waals surface area contributed by atoms with Gasteiger partial charge in [0.25, 0.3) is 0 Å². The summed E-state index contributed by atoms with van der Waals surface area (Å²) in [5.74, 6) is 0. The van der Waals surface area contributed by atoms with Gasteiger partial charge in [0, 0.05) is 24.6 Å². The minimum Gasteiger partial charge on any atom is -0.381 e. The van der Waals surface area contributed by atoms with Crippen LogP contribution in [0.2, 0.25) is 0 Å². The van der Waals surface area contributed by atoms with Gasteiger partial charge in [0.05, 0.1) is 6.10 Å². The molecule has 0 heterocycles. The number of hydrogen-bond acceptors (Lipinski definition) is 2. The molecule has 0 spiro atoms. The van der Waals surface area contributed by atoms with E-state index in [0.717, 1.165) is 0 Å². The summed E-state index contributed by atoms with van der Waals surface area (Å²) in [6.07, 6.45) is 9.83. The highest BCUT2D eigenvalue weighted by Crippen LogP contribution is 2.42. The minimum atomic E-state index is 0.297. The first-order chi connectivity index (χ1) is 8.52. The molecular weight excluding hydrogens is 222 g/mol. The Bertz CT molecular complexity index is 227. The van der Waals surface area contributed by atoms with Gasteiger partial charge in [-0.2, -0.15) is 0 Å². The van der Waals surface area contributed by atoms with Crippen molar-refractivity contribution < 1.29 is 4.74 Å². The van der Waals surface area contributed by atoms with Crippen LogP contribution in [0, 0.1) is 5.41 Å². The Labute approximate surface area is 114 Å². The predicted molar refractivity (Wildman–Crippen MR) is 79.0 cm³/mol. The van der Waals surface area contributed by atoms with E-state index in [0.29, 0.717) is 23.6 Å². The van der Waals surface area contributed by atoms with Crippen molar-refractivity contribution in [1.82, 2.24) is 5.32 Å². The molecule has 1 rings (SSSR count). The Balaban J connectivity index is 2.12. The first-order valence-corrected chi connectivity index (χ1v) is 7.81. The van der Waals surface area contributed by atoms with Crippen molar-refractivity contribution in [3.05, 3.63) is 0 Å². The lowest BCUT2D eigenvalue weighted by molar-refractivity contribution is -0.0999. The molecule has 0 radical (unpaired) electrons. The van der Waals surface area contributed by atoms with Crippen LogP contribution in [0.3, 0.4) is 0 Å². The SMILES string of the molecule is CCCCCCCC(C)NC1CC(OC)C1(C)C. The van der Waals surface area contributed by atoms with Crippen molar-refractivity contribution in [2.75, 3.05) is 7.11 Å². The van der Waals surface area contributed by atoms with Crippen LogP contribution in [-0.4, -0.2) is 25.3 Å². The van der Waals surface area contributed by atoms with Gasteiger partial charge in [-0.1, -0.05) is 52.9 Å². The van der Waals surface area contributed by atoms with Gasteiger partial charge in [-0.15, -0.1) is 0 Å². The first-order valence-electron chi connectivity index (χ1n) is 7.81. The maximum atomic E-state index is 5.50. The van der Waals surface area contributed by atoms with E-state index in [-0.39, 0.29) is 0 Å². The molecule has 0 amide bonds. The summed E-state index contributed by atoms with van der Waals surface area (Å²) in [5, 5.41) is 3.78. The maximum absolute atomic E-state index is 5.50. The van der Waals surface area contributed by atoms with Crippen molar-refractivity contribution in [2.24, 2.45) is 5.41 Å². The van der Waals surface area contributed by atoms with Gasteiger partial charge in [-0.25, -0.2) is 0 Å². The van der Waals surface area contributed by atoms with Crippen LogP contribution in [0.1, 0.15) is 72.6 Å². The number of unbranched alkanes of at least 4 members (excludes halogenated alkanes) is 4. The van der Waals surface area contributed by atoms with Crippen LogP contribution < -0.4 is 5.32 Å². The third-order valence-corrected chi connectivity index (χ3v) is 4.69. The second-order valence-electron chi connectivity index (χ2n) is 6.60. The summed E-state index contributed by atoms with van der Waals surface area (Å²) in [7, 11) is 1.83. The van der Waals surface area contributed by atoms with Crippen molar-refractivity contribution in [3.63, 3.8) is 0 Å². The number of methoxy groups -OCH3 is 1. The van der Waals surface area contributed by atoms with Crippen molar-refractivity contribution in [1.29, 1.82) is 0 Å². The molecule has 3 atom stereocenters. The molecule has 0 aromatic carbocycles. The maximum Gasteiger partial charge on any atom is 0.0652 e. The van der Waals surface area contributed by atoms with Gasteiger partial charge in [-0.05, 0) is 19.8 Å². The van der Waals surface area contributed by atoms with Crippen LogP contribution in [0.4, 0.5) is 0 Å². The minimum absolute atomic E-state index is 0.297. The molecular formula is C16H33NO. The summed E-state index contributed by atoms with van der Waals surface area (Å²) < 4.78 is 5.50. The molecule has 0 aliphatic heterocycles. The Hall–Kier alpha value is -0.0800. The average Bonchev–Trinajstić information content (AvgIpc) is 2.33. The van der Waals surface area contributed by atoms with E-state index in [1.807, 2.05) is 7.11 Å². The van der Waals surface area contributed by atoms with Gasteiger partial charge in [0.1, 0.15) is 0 Å². The monoisotopic (exact) mass is 255 g/mol. The number of hydrogen-bond donors (Lipinski definition) is 1. The van der Waals surface area contributed by atoms with Crippen LogP contribution in [0.5, 0.6) is 0 Å². The van der Waals surface area contributed by atoms with E-state index in [1.54, 1.807) is 0 Å². The summed E-state index contributed by atoms with van der Waals surface area (Å²) in [5.41, 5.74) is 0.297. The Kier molecular flexibility index (Phi) is 6.65. The number of rotatable bonds is 9. The van der Waals surface area contributed by atoms with Crippen LogP contribution in [0.25, 0.3) is 0 Å². The fourth-order valence-electron chi connectivity index (χ4n) is 3.05. The van der Waals surface area contributed by atoms with Crippen LogP contribution in [0.15, 0.2) is 0 Å². The van der Waals surface area contributed by atoms with E-state index in [2.05, 4.69) is 33.0 Å². The molecule has 3 unspecified atom stereocenters. The van der Waals surface area contributed by atoms with E-state index >= 15 is 0 Å².